The van der Waals surface area contributed by atoms with Crippen molar-refractivity contribution in [1.29, 1.82) is 0 Å². The molecule has 27 heavy (non-hydrogen) atoms. The average molecular weight is 392 g/mol. The Morgan fingerprint density at radius 3 is 2.74 bits per heavy atom. The van der Waals surface area contributed by atoms with Crippen molar-refractivity contribution in [3.8, 4) is 0 Å². The number of fused-ring (bicyclic) bond motifs is 1. The Kier molecular flexibility index (Phi) is 5.39. The number of rotatable bonds is 5. The third-order valence-electron chi connectivity index (χ3n) is 5.68. The summed E-state index contributed by atoms with van der Waals surface area (Å²) in [5, 5.41) is 14.7. The van der Waals surface area contributed by atoms with Gasteiger partial charge in [-0.2, -0.15) is 0 Å². The lowest BCUT2D eigenvalue weighted by Crippen LogP contribution is -2.52. The standard InChI is InChI=1S/C20H26ClN3O3/c21-16-7-8-22-18-17(16)15(10-24(18)11-20(26)12-27-13-20)19(25)23-9-14-5-3-1-2-4-6-14/h7-8,10,14,26H,1-6,9,11-13H2,(H,23,25). The molecule has 7 heteroatoms. The normalized spacial score (nSPS) is 20.2. The van der Waals surface area contributed by atoms with Crippen LogP contribution in [0.15, 0.2) is 18.5 Å². The Morgan fingerprint density at radius 1 is 1.33 bits per heavy atom. The largest absolute Gasteiger partial charge is 0.383 e. The van der Waals surface area contributed by atoms with Crippen LogP contribution in [-0.4, -0.2) is 45.9 Å². The predicted octanol–water partition coefficient (Wildman–Crippen LogP) is 3.15. The van der Waals surface area contributed by atoms with Crippen LogP contribution in [0.3, 0.4) is 0 Å². The zero-order valence-electron chi connectivity index (χ0n) is 15.4. The fourth-order valence-corrected chi connectivity index (χ4v) is 4.36. The van der Waals surface area contributed by atoms with Crippen molar-refractivity contribution in [1.82, 2.24) is 14.9 Å². The smallest absolute Gasteiger partial charge is 0.253 e. The average Bonchev–Trinajstić information content (AvgIpc) is 2.81. The summed E-state index contributed by atoms with van der Waals surface area (Å²) in [6.07, 6.45) is 10.8. The molecule has 146 valence electrons. The molecule has 1 aliphatic carbocycles. The number of nitrogens with zero attached hydrogens (tertiary/aromatic N) is 2. The lowest BCUT2D eigenvalue weighted by atomic mass is 10.0. The fraction of sp³-hybridized carbons (Fsp3) is 0.600. The lowest BCUT2D eigenvalue weighted by molar-refractivity contribution is -0.184. The van der Waals surface area contributed by atoms with Gasteiger partial charge in [-0.1, -0.05) is 37.3 Å². The summed E-state index contributed by atoms with van der Waals surface area (Å²) < 4.78 is 6.94. The highest BCUT2D eigenvalue weighted by molar-refractivity contribution is 6.36. The van der Waals surface area contributed by atoms with E-state index >= 15 is 0 Å². The Hall–Kier alpha value is -1.63. The molecule has 0 atom stereocenters. The molecule has 2 N–H and O–H groups in total. The van der Waals surface area contributed by atoms with Gasteiger partial charge < -0.3 is 19.7 Å². The molecule has 2 aliphatic rings. The molecule has 2 fully saturated rings. The van der Waals surface area contributed by atoms with Gasteiger partial charge in [-0.15, -0.1) is 0 Å². The van der Waals surface area contributed by atoms with Crippen LogP contribution in [0.4, 0.5) is 0 Å². The van der Waals surface area contributed by atoms with E-state index in [1.54, 1.807) is 18.5 Å². The van der Waals surface area contributed by atoms with Crippen LogP contribution < -0.4 is 5.32 Å². The number of halogens is 1. The second-order valence-corrected chi connectivity index (χ2v) is 8.35. The third kappa shape index (κ3) is 3.98. The van der Waals surface area contributed by atoms with Crippen LogP contribution in [0.25, 0.3) is 11.0 Å². The van der Waals surface area contributed by atoms with E-state index in [0.717, 1.165) is 0 Å². The Morgan fingerprint density at radius 2 is 2.07 bits per heavy atom. The highest BCUT2D eigenvalue weighted by Crippen LogP contribution is 2.30. The second kappa shape index (κ2) is 7.78. The second-order valence-electron chi connectivity index (χ2n) is 7.95. The van der Waals surface area contributed by atoms with Gasteiger partial charge in [0.25, 0.3) is 5.91 Å². The van der Waals surface area contributed by atoms with Crippen molar-refractivity contribution >= 4 is 28.5 Å². The minimum absolute atomic E-state index is 0.130. The quantitative estimate of drug-likeness (QED) is 0.767. The molecular formula is C20H26ClN3O3. The van der Waals surface area contributed by atoms with Gasteiger partial charge in [-0.25, -0.2) is 4.98 Å². The number of pyridine rings is 1. The SMILES string of the molecule is O=C(NCC1CCCCCC1)c1cn(CC2(O)COC2)c2nccc(Cl)c12. The van der Waals surface area contributed by atoms with E-state index in [4.69, 9.17) is 16.3 Å². The molecule has 2 aromatic heterocycles. The van der Waals surface area contributed by atoms with Gasteiger partial charge in [0.2, 0.25) is 0 Å². The molecule has 1 saturated carbocycles. The molecular weight excluding hydrogens is 366 g/mol. The molecule has 6 nitrogen and oxygen atoms in total. The van der Waals surface area contributed by atoms with E-state index in [0.29, 0.717) is 40.6 Å². The van der Waals surface area contributed by atoms with E-state index in [1.807, 2.05) is 4.57 Å². The third-order valence-corrected chi connectivity index (χ3v) is 6.00. The van der Waals surface area contributed by atoms with E-state index in [9.17, 15) is 9.90 Å². The molecule has 0 radical (unpaired) electrons. The first kappa shape index (κ1) is 18.7. The molecule has 2 aromatic rings. The maximum atomic E-state index is 12.9. The van der Waals surface area contributed by atoms with Crippen molar-refractivity contribution in [2.24, 2.45) is 5.92 Å². The summed E-state index contributed by atoms with van der Waals surface area (Å²) in [5.74, 6) is 0.418. The summed E-state index contributed by atoms with van der Waals surface area (Å²) >= 11 is 6.39. The van der Waals surface area contributed by atoms with Gasteiger partial charge in [0.1, 0.15) is 11.2 Å². The first-order chi connectivity index (χ1) is 13.1. The number of nitrogens with one attached hydrogen (secondary N) is 1. The van der Waals surface area contributed by atoms with Gasteiger partial charge in [-0.05, 0) is 24.8 Å². The van der Waals surface area contributed by atoms with E-state index in [-0.39, 0.29) is 19.1 Å². The molecule has 0 spiro atoms. The summed E-state index contributed by atoms with van der Waals surface area (Å²) in [5.41, 5.74) is 0.215. The van der Waals surface area contributed by atoms with E-state index < -0.39 is 5.60 Å². The maximum Gasteiger partial charge on any atom is 0.253 e. The topological polar surface area (TPSA) is 76.4 Å². The predicted molar refractivity (Wildman–Crippen MR) is 104 cm³/mol. The van der Waals surface area contributed by atoms with Crippen LogP contribution in [-0.2, 0) is 11.3 Å². The van der Waals surface area contributed by atoms with Gasteiger partial charge in [0.15, 0.2) is 0 Å². The molecule has 0 unspecified atom stereocenters. The van der Waals surface area contributed by atoms with Gasteiger partial charge in [0, 0.05) is 18.9 Å². The van der Waals surface area contributed by atoms with Crippen molar-refractivity contribution in [2.45, 2.75) is 50.7 Å². The minimum Gasteiger partial charge on any atom is -0.383 e. The Bertz CT molecular complexity index is 823. The van der Waals surface area contributed by atoms with Crippen LogP contribution >= 0.6 is 11.6 Å². The molecule has 0 bridgehead atoms. The highest BCUT2D eigenvalue weighted by Gasteiger charge is 2.37. The number of ether oxygens (including phenoxy) is 1. The number of aromatic nitrogens is 2. The van der Waals surface area contributed by atoms with Crippen molar-refractivity contribution in [3.63, 3.8) is 0 Å². The zero-order valence-corrected chi connectivity index (χ0v) is 16.2. The molecule has 4 rings (SSSR count). The first-order valence-corrected chi connectivity index (χ1v) is 10.2. The van der Waals surface area contributed by atoms with Gasteiger partial charge >= 0.3 is 0 Å². The molecule has 1 saturated heterocycles. The highest BCUT2D eigenvalue weighted by atomic mass is 35.5. The summed E-state index contributed by atoms with van der Waals surface area (Å²) in [6.45, 7) is 1.60. The number of carbonyl (C=O) groups is 1. The lowest BCUT2D eigenvalue weighted by Gasteiger charge is -2.36. The Balaban J connectivity index is 1.55. The Labute approximate surface area is 163 Å². The van der Waals surface area contributed by atoms with Crippen LogP contribution in [0.2, 0.25) is 5.02 Å². The van der Waals surface area contributed by atoms with Crippen LogP contribution in [0.1, 0.15) is 48.9 Å². The molecule has 0 aromatic carbocycles. The van der Waals surface area contributed by atoms with Gasteiger partial charge in [0.05, 0.1) is 35.7 Å². The summed E-state index contributed by atoms with van der Waals surface area (Å²) in [4.78, 5) is 17.3. The molecule has 3 heterocycles. The first-order valence-electron chi connectivity index (χ1n) is 9.77. The van der Waals surface area contributed by atoms with Crippen LogP contribution in [0.5, 0.6) is 0 Å². The summed E-state index contributed by atoms with van der Waals surface area (Å²) in [7, 11) is 0. The van der Waals surface area contributed by atoms with Gasteiger partial charge in [-0.3, -0.25) is 4.79 Å². The van der Waals surface area contributed by atoms with Crippen molar-refractivity contribution in [3.05, 3.63) is 29.0 Å². The number of hydrogen-bond acceptors (Lipinski definition) is 4. The molecule has 1 amide bonds. The minimum atomic E-state index is -0.913. The van der Waals surface area contributed by atoms with E-state index in [2.05, 4.69) is 10.3 Å². The van der Waals surface area contributed by atoms with E-state index in [1.165, 1.54) is 38.5 Å². The number of hydrogen-bond donors (Lipinski definition) is 2. The molecule has 1 aliphatic heterocycles. The zero-order chi connectivity index (χ0) is 18.9. The number of aliphatic hydroxyl groups is 1. The van der Waals surface area contributed by atoms with Crippen LogP contribution in [0, 0.1) is 5.92 Å². The number of amides is 1. The fourth-order valence-electron chi connectivity index (χ4n) is 4.12. The monoisotopic (exact) mass is 391 g/mol. The number of carbonyl (C=O) groups excluding carboxylic acids is 1. The summed E-state index contributed by atoms with van der Waals surface area (Å²) in [6, 6.07) is 1.69. The van der Waals surface area contributed by atoms with Crippen molar-refractivity contribution in [2.75, 3.05) is 19.8 Å². The van der Waals surface area contributed by atoms with Crippen molar-refractivity contribution < 1.29 is 14.6 Å². The maximum absolute atomic E-state index is 12.9.